The van der Waals surface area contributed by atoms with Crippen LogP contribution in [0, 0.1) is 0 Å². The lowest BCUT2D eigenvalue weighted by Crippen LogP contribution is -2.46. The Labute approximate surface area is 196 Å². The van der Waals surface area contributed by atoms with Crippen LogP contribution >= 0.6 is 0 Å². The van der Waals surface area contributed by atoms with Crippen LogP contribution in [0.2, 0.25) is 0 Å². The molecule has 0 saturated carbocycles. The number of anilines is 2. The molecule has 0 aromatic heterocycles. The Balaban J connectivity index is 1.52. The van der Waals surface area contributed by atoms with E-state index in [1.807, 2.05) is 12.1 Å². The number of hydrogen-bond acceptors (Lipinski definition) is 6. The van der Waals surface area contributed by atoms with Crippen LogP contribution in [-0.2, 0) is 16.0 Å². The number of nitrogens with zero attached hydrogens (tertiary/aromatic N) is 1. The summed E-state index contributed by atoms with van der Waals surface area (Å²) in [5.41, 5.74) is 0.520. The Morgan fingerprint density at radius 2 is 1.56 bits per heavy atom. The molecular formula is C26H25NO7. The van der Waals surface area contributed by atoms with Crippen molar-refractivity contribution in [1.82, 2.24) is 0 Å². The van der Waals surface area contributed by atoms with Gasteiger partial charge in [0.15, 0.2) is 6.61 Å². The quantitative estimate of drug-likeness (QED) is 0.487. The monoisotopic (exact) mass is 463 g/mol. The van der Waals surface area contributed by atoms with Crippen LogP contribution < -0.4 is 9.64 Å². The number of aliphatic hydroxyl groups excluding tert-OH is 1. The molecule has 0 radical (unpaired) electrons. The fourth-order valence-electron chi connectivity index (χ4n) is 4.07. The van der Waals surface area contributed by atoms with Gasteiger partial charge in [0, 0.05) is 5.56 Å². The smallest absolute Gasteiger partial charge is 0.419 e. The topological polar surface area (TPSA) is 117 Å². The van der Waals surface area contributed by atoms with Crippen molar-refractivity contribution < 1.29 is 34.4 Å². The second-order valence-corrected chi connectivity index (χ2v) is 8.07. The Morgan fingerprint density at radius 3 is 2.15 bits per heavy atom. The number of benzene rings is 3. The third kappa shape index (κ3) is 4.88. The molecule has 0 heterocycles. The molecule has 3 aromatic carbocycles. The summed E-state index contributed by atoms with van der Waals surface area (Å²) in [5.74, 6) is -0.768. The summed E-state index contributed by atoms with van der Waals surface area (Å²) >= 11 is 0. The molecule has 4 rings (SSSR count). The second kappa shape index (κ2) is 9.94. The van der Waals surface area contributed by atoms with Gasteiger partial charge < -0.3 is 24.8 Å². The van der Waals surface area contributed by atoms with Gasteiger partial charge in [-0.3, -0.25) is 0 Å². The molecule has 2 atom stereocenters. The van der Waals surface area contributed by atoms with Gasteiger partial charge in [-0.05, 0) is 48.7 Å². The molecular weight excluding hydrogens is 438 g/mol. The highest BCUT2D eigenvalue weighted by Gasteiger charge is 2.43. The summed E-state index contributed by atoms with van der Waals surface area (Å²) in [7, 11) is 0. The molecule has 1 aliphatic carbocycles. The first-order valence-corrected chi connectivity index (χ1v) is 10.8. The summed E-state index contributed by atoms with van der Waals surface area (Å²) in [6, 6.07) is 22.9. The van der Waals surface area contributed by atoms with E-state index in [0.29, 0.717) is 34.7 Å². The molecule has 3 N–H and O–H groups in total. The number of para-hydroxylation sites is 2. The number of fused-ring (bicyclic) bond motifs is 1. The van der Waals surface area contributed by atoms with E-state index in [0.717, 1.165) is 0 Å². The van der Waals surface area contributed by atoms with Gasteiger partial charge in [-0.1, -0.05) is 48.5 Å². The molecule has 0 saturated heterocycles. The fourth-order valence-corrected chi connectivity index (χ4v) is 4.07. The number of carbonyl (C=O) groups excluding carboxylic acids is 1. The van der Waals surface area contributed by atoms with E-state index in [1.54, 1.807) is 66.7 Å². The van der Waals surface area contributed by atoms with Gasteiger partial charge in [0.2, 0.25) is 0 Å². The van der Waals surface area contributed by atoms with Gasteiger partial charge in [0.1, 0.15) is 24.1 Å². The minimum absolute atomic E-state index is 0.0958. The normalized spacial score (nSPS) is 19.1. The van der Waals surface area contributed by atoms with E-state index in [9.17, 15) is 19.8 Å². The average Bonchev–Trinajstić information content (AvgIpc) is 2.85. The fraction of sp³-hybridized carbons (Fsp3) is 0.231. The van der Waals surface area contributed by atoms with E-state index in [4.69, 9.17) is 14.6 Å². The van der Waals surface area contributed by atoms with Crippen LogP contribution in [0.4, 0.5) is 16.2 Å². The molecule has 0 spiro atoms. The third-order valence-electron chi connectivity index (χ3n) is 5.79. The number of carboxylic acids is 1. The molecule has 34 heavy (non-hydrogen) atoms. The summed E-state index contributed by atoms with van der Waals surface area (Å²) in [6.07, 6.45) is -1.63. The molecule has 0 unspecified atom stereocenters. The van der Waals surface area contributed by atoms with Crippen LogP contribution in [0.3, 0.4) is 0 Å². The minimum Gasteiger partial charge on any atom is -0.482 e. The second-order valence-electron chi connectivity index (χ2n) is 8.07. The number of hydrogen-bond donors (Lipinski definition) is 3. The van der Waals surface area contributed by atoms with Crippen LogP contribution in [-0.4, -0.2) is 46.2 Å². The number of amides is 1. The van der Waals surface area contributed by atoms with Gasteiger partial charge in [-0.15, -0.1) is 0 Å². The Bertz CT molecular complexity index is 1110. The average molecular weight is 463 g/mol. The van der Waals surface area contributed by atoms with Crippen molar-refractivity contribution in [3.8, 4) is 5.75 Å². The highest BCUT2D eigenvalue weighted by Crippen LogP contribution is 2.41. The standard InChI is InChI=1S/C26H25NO7/c28-23(29)16-33-22-13-7-12-21-20(22)14-15-26(32,24(21)30)17-34-25(31)27(18-8-3-1-4-9-18)19-10-5-2-6-11-19/h1-13,24,30,32H,14-17H2,(H,28,29)/t24-,26-/m0/s1. The van der Waals surface area contributed by atoms with Crippen molar-refractivity contribution in [2.24, 2.45) is 0 Å². The zero-order chi connectivity index (χ0) is 24.1. The lowest BCUT2D eigenvalue weighted by Gasteiger charge is -2.38. The number of carbonyl (C=O) groups is 2. The summed E-state index contributed by atoms with van der Waals surface area (Å²) < 4.78 is 10.8. The van der Waals surface area contributed by atoms with E-state index >= 15 is 0 Å². The molecule has 0 bridgehead atoms. The number of rotatable bonds is 7. The van der Waals surface area contributed by atoms with E-state index in [1.165, 1.54) is 4.90 Å². The summed E-state index contributed by atoms with van der Waals surface area (Å²) in [5, 5.41) is 31.0. The third-order valence-corrected chi connectivity index (χ3v) is 5.79. The van der Waals surface area contributed by atoms with Gasteiger partial charge >= 0.3 is 12.1 Å². The van der Waals surface area contributed by atoms with Crippen LogP contribution in [0.5, 0.6) is 5.75 Å². The number of aliphatic carboxylic acids is 1. The lowest BCUT2D eigenvalue weighted by molar-refractivity contribution is -0.139. The highest BCUT2D eigenvalue weighted by molar-refractivity contribution is 5.95. The van der Waals surface area contributed by atoms with E-state index in [2.05, 4.69) is 0 Å². The van der Waals surface area contributed by atoms with Crippen molar-refractivity contribution >= 4 is 23.4 Å². The molecule has 0 aliphatic heterocycles. The number of ether oxygens (including phenoxy) is 2. The number of aliphatic hydroxyl groups is 2. The van der Waals surface area contributed by atoms with E-state index < -0.39 is 37.0 Å². The van der Waals surface area contributed by atoms with Gasteiger partial charge in [0.05, 0.1) is 11.4 Å². The molecule has 8 nitrogen and oxygen atoms in total. The molecule has 1 amide bonds. The van der Waals surface area contributed by atoms with Crippen LogP contribution in [0.15, 0.2) is 78.9 Å². The Morgan fingerprint density at radius 1 is 0.941 bits per heavy atom. The van der Waals surface area contributed by atoms with Crippen molar-refractivity contribution in [3.05, 3.63) is 90.0 Å². The maximum absolute atomic E-state index is 13.1. The van der Waals surface area contributed by atoms with E-state index in [-0.39, 0.29) is 6.42 Å². The Kier molecular flexibility index (Phi) is 6.81. The highest BCUT2D eigenvalue weighted by atomic mass is 16.6. The Hall–Kier alpha value is -3.88. The van der Waals surface area contributed by atoms with Gasteiger partial charge in [-0.2, -0.15) is 0 Å². The zero-order valence-electron chi connectivity index (χ0n) is 18.3. The predicted octanol–water partition coefficient (Wildman–Crippen LogP) is 3.84. The van der Waals surface area contributed by atoms with Gasteiger partial charge in [0.25, 0.3) is 0 Å². The minimum atomic E-state index is -1.72. The maximum Gasteiger partial charge on any atom is 0.419 e. The zero-order valence-corrected chi connectivity index (χ0v) is 18.3. The summed E-state index contributed by atoms with van der Waals surface area (Å²) in [6.45, 7) is -0.938. The van der Waals surface area contributed by atoms with Crippen molar-refractivity contribution in [1.29, 1.82) is 0 Å². The first-order valence-electron chi connectivity index (χ1n) is 10.8. The number of carboxylic acid groups (broad SMARTS) is 1. The summed E-state index contributed by atoms with van der Waals surface area (Å²) in [4.78, 5) is 25.4. The lowest BCUT2D eigenvalue weighted by atomic mass is 9.78. The van der Waals surface area contributed by atoms with Gasteiger partial charge in [-0.25, -0.2) is 14.5 Å². The molecule has 8 heteroatoms. The largest absolute Gasteiger partial charge is 0.482 e. The molecule has 3 aromatic rings. The maximum atomic E-state index is 13.1. The SMILES string of the molecule is O=C(O)COc1cccc2c1CC[C@](O)(COC(=O)N(c1ccccc1)c1ccccc1)[C@H]2O. The van der Waals surface area contributed by atoms with Crippen LogP contribution in [0.25, 0.3) is 0 Å². The van der Waals surface area contributed by atoms with Crippen molar-refractivity contribution in [3.63, 3.8) is 0 Å². The first kappa shape index (κ1) is 23.3. The van der Waals surface area contributed by atoms with Crippen LogP contribution in [0.1, 0.15) is 23.7 Å². The predicted molar refractivity (Wildman–Crippen MR) is 124 cm³/mol. The van der Waals surface area contributed by atoms with Crippen molar-refractivity contribution in [2.75, 3.05) is 18.1 Å². The van der Waals surface area contributed by atoms with Crippen molar-refractivity contribution in [2.45, 2.75) is 24.5 Å². The first-order chi connectivity index (χ1) is 16.4. The molecule has 176 valence electrons. The molecule has 1 aliphatic rings. The molecule has 0 fully saturated rings.